The quantitative estimate of drug-likeness (QED) is 0.540. The van der Waals surface area contributed by atoms with Crippen LogP contribution < -0.4 is 30.2 Å². The van der Waals surface area contributed by atoms with Gasteiger partial charge < -0.3 is 30.2 Å². The van der Waals surface area contributed by atoms with Crippen molar-refractivity contribution in [1.29, 1.82) is 5.26 Å². The normalized spacial score (nSPS) is 11.6. The Morgan fingerprint density at radius 1 is 1.20 bits per heavy atom. The van der Waals surface area contributed by atoms with E-state index in [1.165, 1.54) is 0 Å². The van der Waals surface area contributed by atoms with Gasteiger partial charge in [0.05, 0.1) is 23.9 Å². The van der Waals surface area contributed by atoms with Crippen LogP contribution >= 0.6 is 0 Å². The number of nitrogens with zero attached hydrogens (tertiary/aromatic N) is 2. The minimum Gasteiger partial charge on any atom is -0.495 e. The summed E-state index contributed by atoms with van der Waals surface area (Å²) in [5.41, 5.74) is 1.66. The molecule has 1 aliphatic rings. The Morgan fingerprint density at radius 2 is 2.00 bits per heavy atom. The molecular formula is C21H19N5O4. The van der Waals surface area contributed by atoms with E-state index in [1.54, 1.807) is 43.5 Å². The molecule has 9 nitrogen and oxygen atoms in total. The molecule has 1 aromatic heterocycles. The summed E-state index contributed by atoms with van der Waals surface area (Å²) in [6.45, 7) is 0.883. The Balaban J connectivity index is 1.37. The number of para-hydroxylation sites is 2. The number of carbonyl (C=O) groups excluding carboxylic acids is 1. The van der Waals surface area contributed by atoms with E-state index < -0.39 is 0 Å². The second kappa shape index (κ2) is 8.45. The van der Waals surface area contributed by atoms with Gasteiger partial charge in [-0.25, -0.2) is 9.78 Å². The van der Waals surface area contributed by atoms with Gasteiger partial charge in [0.2, 0.25) is 6.79 Å². The highest BCUT2D eigenvalue weighted by Crippen LogP contribution is 2.36. The monoisotopic (exact) mass is 405 g/mol. The summed E-state index contributed by atoms with van der Waals surface area (Å²) in [7, 11) is 1.54. The van der Waals surface area contributed by atoms with Gasteiger partial charge in [-0.3, -0.25) is 0 Å². The van der Waals surface area contributed by atoms with Crippen LogP contribution in [0.3, 0.4) is 0 Å². The topological polar surface area (TPSA) is 118 Å². The predicted octanol–water partition coefficient (Wildman–Crippen LogP) is 3.08. The maximum Gasteiger partial charge on any atom is 0.319 e. The Bertz CT molecular complexity index is 1140. The van der Waals surface area contributed by atoms with Crippen molar-refractivity contribution in [3.05, 3.63) is 48.0 Å². The van der Waals surface area contributed by atoms with Crippen molar-refractivity contribution < 1.29 is 19.0 Å². The number of carbonyl (C=O) groups is 1. The van der Waals surface area contributed by atoms with Crippen LogP contribution in [0.1, 0.15) is 5.56 Å². The number of urea groups is 1. The molecule has 3 aromatic rings. The minimum absolute atomic E-state index is 0.171. The lowest BCUT2D eigenvalue weighted by Crippen LogP contribution is -2.32. The molecule has 1 aliphatic heterocycles. The molecule has 0 bridgehead atoms. The van der Waals surface area contributed by atoms with Crippen LogP contribution in [0.2, 0.25) is 0 Å². The zero-order chi connectivity index (χ0) is 20.9. The Kier molecular flexibility index (Phi) is 5.39. The van der Waals surface area contributed by atoms with E-state index in [0.717, 1.165) is 5.39 Å². The first-order chi connectivity index (χ1) is 14.7. The molecule has 3 N–H and O–H groups in total. The average molecular weight is 405 g/mol. The highest BCUT2D eigenvalue weighted by atomic mass is 16.7. The molecule has 0 saturated heterocycles. The third-order valence-corrected chi connectivity index (χ3v) is 4.49. The molecule has 2 amide bonds. The van der Waals surface area contributed by atoms with Gasteiger partial charge in [0, 0.05) is 24.5 Å². The van der Waals surface area contributed by atoms with Crippen LogP contribution in [-0.2, 0) is 0 Å². The fraction of sp³-hybridized carbons (Fsp3) is 0.190. The van der Waals surface area contributed by atoms with E-state index in [2.05, 4.69) is 27.0 Å². The zero-order valence-corrected chi connectivity index (χ0v) is 16.2. The van der Waals surface area contributed by atoms with E-state index in [1.807, 2.05) is 6.07 Å². The van der Waals surface area contributed by atoms with Gasteiger partial charge >= 0.3 is 6.03 Å². The number of hydrogen-bond acceptors (Lipinski definition) is 7. The summed E-state index contributed by atoms with van der Waals surface area (Å²) >= 11 is 0. The number of pyridine rings is 1. The number of hydrogen-bond donors (Lipinski definition) is 3. The molecule has 0 atom stereocenters. The van der Waals surface area contributed by atoms with Crippen molar-refractivity contribution in [1.82, 2.24) is 10.3 Å². The first-order valence-corrected chi connectivity index (χ1v) is 9.24. The number of benzene rings is 2. The summed E-state index contributed by atoms with van der Waals surface area (Å²) in [6.07, 6.45) is 0. The molecule has 0 radical (unpaired) electrons. The van der Waals surface area contributed by atoms with Crippen molar-refractivity contribution in [2.24, 2.45) is 0 Å². The SMILES string of the molecule is COc1ccccc1NC(=O)NCCNc1nc2cc3c(cc2cc1C#N)OCO3. The van der Waals surface area contributed by atoms with Crippen LogP contribution in [-0.4, -0.2) is 38.0 Å². The zero-order valence-electron chi connectivity index (χ0n) is 16.2. The van der Waals surface area contributed by atoms with Gasteiger partial charge in [0.15, 0.2) is 11.5 Å². The molecule has 0 saturated carbocycles. The lowest BCUT2D eigenvalue weighted by Gasteiger charge is -2.12. The molecule has 0 aliphatic carbocycles. The smallest absolute Gasteiger partial charge is 0.319 e. The van der Waals surface area contributed by atoms with Crippen LogP contribution in [0.4, 0.5) is 16.3 Å². The highest BCUT2D eigenvalue weighted by molar-refractivity contribution is 5.91. The molecule has 9 heteroatoms. The third kappa shape index (κ3) is 3.98. The molecule has 30 heavy (non-hydrogen) atoms. The molecule has 4 rings (SSSR count). The van der Waals surface area contributed by atoms with Gasteiger partial charge in [0.1, 0.15) is 17.6 Å². The van der Waals surface area contributed by atoms with Gasteiger partial charge in [-0.1, -0.05) is 12.1 Å². The number of nitriles is 1. The van der Waals surface area contributed by atoms with E-state index >= 15 is 0 Å². The number of ether oxygens (including phenoxy) is 3. The fourth-order valence-electron chi connectivity index (χ4n) is 3.06. The van der Waals surface area contributed by atoms with Crippen molar-refractivity contribution >= 4 is 28.4 Å². The number of anilines is 2. The number of methoxy groups -OCH3 is 1. The van der Waals surface area contributed by atoms with Crippen molar-refractivity contribution in [3.8, 4) is 23.3 Å². The number of nitrogens with one attached hydrogen (secondary N) is 3. The Hall–Kier alpha value is -4.19. The molecule has 2 aromatic carbocycles. The minimum atomic E-state index is -0.360. The van der Waals surface area contributed by atoms with Crippen LogP contribution in [0.25, 0.3) is 10.9 Å². The predicted molar refractivity (Wildman–Crippen MR) is 111 cm³/mol. The van der Waals surface area contributed by atoms with Crippen LogP contribution in [0.5, 0.6) is 17.2 Å². The summed E-state index contributed by atoms with van der Waals surface area (Å²) in [4.78, 5) is 16.6. The Labute approximate surface area is 172 Å². The van der Waals surface area contributed by atoms with E-state index in [9.17, 15) is 10.1 Å². The number of amides is 2. The first kappa shape index (κ1) is 19.1. The van der Waals surface area contributed by atoms with Crippen molar-refractivity contribution in [3.63, 3.8) is 0 Å². The second-order valence-corrected chi connectivity index (χ2v) is 6.40. The maximum absolute atomic E-state index is 12.1. The van der Waals surface area contributed by atoms with Gasteiger partial charge in [-0.2, -0.15) is 5.26 Å². The summed E-state index contributed by atoms with van der Waals surface area (Å²) in [6, 6.07) is 14.3. The standard InChI is InChI=1S/C21H19N5O4/c1-28-17-5-3-2-4-15(17)26-21(27)24-7-6-23-20-14(11-22)8-13-9-18-19(30-12-29-18)10-16(13)25-20/h2-5,8-10H,6-7,12H2,1H3,(H,23,25)(H2,24,26,27). The molecule has 0 unspecified atom stereocenters. The van der Waals surface area contributed by atoms with E-state index in [4.69, 9.17) is 14.2 Å². The molecule has 2 heterocycles. The lowest BCUT2D eigenvalue weighted by atomic mass is 10.1. The first-order valence-electron chi connectivity index (χ1n) is 9.24. The lowest BCUT2D eigenvalue weighted by molar-refractivity contribution is 0.174. The van der Waals surface area contributed by atoms with Gasteiger partial charge in [-0.15, -0.1) is 0 Å². The highest BCUT2D eigenvalue weighted by Gasteiger charge is 2.16. The number of fused-ring (bicyclic) bond motifs is 2. The number of rotatable bonds is 6. The van der Waals surface area contributed by atoms with Crippen molar-refractivity contribution in [2.75, 3.05) is 37.6 Å². The summed E-state index contributed by atoms with van der Waals surface area (Å²) in [5, 5.41) is 18.8. The molecular weight excluding hydrogens is 386 g/mol. The molecule has 152 valence electrons. The maximum atomic E-state index is 12.1. The van der Waals surface area contributed by atoms with Crippen molar-refractivity contribution in [2.45, 2.75) is 0 Å². The van der Waals surface area contributed by atoms with Crippen LogP contribution in [0, 0.1) is 11.3 Å². The van der Waals surface area contributed by atoms with Gasteiger partial charge in [-0.05, 0) is 24.3 Å². The van der Waals surface area contributed by atoms with E-state index in [0.29, 0.717) is 52.9 Å². The second-order valence-electron chi connectivity index (χ2n) is 6.40. The fourth-order valence-corrected chi connectivity index (χ4v) is 3.06. The largest absolute Gasteiger partial charge is 0.495 e. The molecule has 0 spiro atoms. The van der Waals surface area contributed by atoms with Gasteiger partial charge in [0.25, 0.3) is 0 Å². The number of aromatic nitrogens is 1. The molecule has 0 fully saturated rings. The summed E-state index contributed by atoms with van der Waals surface area (Å²) in [5.74, 6) is 2.28. The Morgan fingerprint density at radius 3 is 2.80 bits per heavy atom. The third-order valence-electron chi connectivity index (χ3n) is 4.49. The van der Waals surface area contributed by atoms with Crippen LogP contribution in [0.15, 0.2) is 42.5 Å². The summed E-state index contributed by atoms with van der Waals surface area (Å²) < 4.78 is 16.0. The van der Waals surface area contributed by atoms with E-state index in [-0.39, 0.29) is 12.8 Å². The average Bonchev–Trinajstić information content (AvgIpc) is 3.22.